The van der Waals surface area contributed by atoms with Crippen LogP contribution in [0.2, 0.25) is 0 Å². The fraction of sp³-hybridized carbons (Fsp3) is 0.600. The summed E-state index contributed by atoms with van der Waals surface area (Å²) in [6.07, 6.45) is 3.36. The van der Waals surface area contributed by atoms with Crippen molar-refractivity contribution in [2.75, 3.05) is 39.3 Å². The second-order valence-corrected chi connectivity index (χ2v) is 7.32. The molecule has 2 fully saturated rings. The highest BCUT2D eigenvalue weighted by Crippen LogP contribution is 2.21. The number of hydrogen-bond acceptors (Lipinski definition) is 3. The van der Waals surface area contributed by atoms with Crippen LogP contribution in [0.4, 0.5) is 0 Å². The molecule has 2 aliphatic heterocycles. The first-order chi connectivity index (χ1) is 12.6. The van der Waals surface area contributed by atoms with Crippen molar-refractivity contribution in [3.05, 3.63) is 35.9 Å². The molecule has 6 heteroatoms. The van der Waals surface area contributed by atoms with Gasteiger partial charge in [0.2, 0.25) is 5.91 Å². The zero-order valence-electron chi connectivity index (χ0n) is 15.6. The molecule has 0 bridgehead atoms. The highest BCUT2D eigenvalue weighted by atomic mass is 16.5. The number of ether oxygens (including phenoxy) is 1. The molecule has 1 atom stereocenters. The van der Waals surface area contributed by atoms with Gasteiger partial charge in [-0.15, -0.1) is 0 Å². The van der Waals surface area contributed by atoms with Crippen LogP contribution in [0.1, 0.15) is 25.3 Å². The number of piperidine rings is 1. The third-order valence-corrected chi connectivity index (χ3v) is 5.28. The second-order valence-electron chi connectivity index (χ2n) is 7.32. The van der Waals surface area contributed by atoms with Crippen LogP contribution in [0.25, 0.3) is 0 Å². The van der Waals surface area contributed by atoms with Crippen molar-refractivity contribution in [1.29, 1.82) is 0 Å². The zero-order valence-corrected chi connectivity index (χ0v) is 15.6. The fourth-order valence-corrected chi connectivity index (χ4v) is 3.71. The maximum atomic E-state index is 12.4. The largest absolute Gasteiger partial charge is 0.375 e. The van der Waals surface area contributed by atoms with Crippen molar-refractivity contribution in [2.45, 2.75) is 32.3 Å². The predicted molar refractivity (Wildman–Crippen MR) is 103 cm³/mol. The summed E-state index contributed by atoms with van der Waals surface area (Å²) in [5.41, 5.74) is 7.43. The summed E-state index contributed by atoms with van der Waals surface area (Å²) in [5, 5.41) is 0. The molecule has 2 heterocycles. The molecule has 0 aliphatic carbocycles. The maximum Gasteiger partial charge on any atom is 0.244 e. The zero-order chi connectivity index (χ0) is 18.4. The van der Waals surface area contributed by atoms with Crippen molar-refractivity contribution in [3.63, 3.8) is 0 Å². The SMILES string of the molecule is CC1CN(C(N)=NCC(=O)N2CCC(Cc3ccccc3)CC2)CCO1. The lowest BCUT2D eigenvalue weighted by Gasteiger charge is -2.33. The average molecular weight is 358 g/mol. The Bertz CT molecular complexity index is 611. The van der Waals surface area contributed by atoms with Crippen LogP contribution in [0, 0.1) is 5.92 Å². The summed E-state index contributed by atoms with van der Waals surface area (Å²) in [6.45, 7) is 5.92. The normalized spacial score (nSPS) is 22.5. The Morgan fingerprint density at radius 3 is 2.62 bits per heavy atom. The fourth-order valence-electron chi connectivity index (χ4n) is 3.71. The Labute approximate surface area is 156 Å². The molecule has 2 aliphatic rings. The molecule has 2 saturated heterocycles. The molecular formula is C20H30N4O2. The molecule has 0 aromatic heterocycles. The smallest absolute Gasteiger partial charge is 0.244 e. The molecule has 0 radical (unpaired) electrons. The van der Waals surface area contributed by atoms with E-state index in [9.17, 15) is 4.79 Å². The average Bonchev–Trinajstić information content (AvgIpc) is 2.67. The van der Waals surface area contributed by atoms with E-state index in [1.165, 1.54) is 5.56 Å². The highest BCUT2D eigenvalue weighted by molar-refractivity contribution is 5.84. The number of morpholine rings is 1. The maximum absolute atomic E-state index is 12.4. The molecule has 142 valence electrons. The third kappa shape index (κ3) is 5.21. The molecule has 0 spiro atoms. The van der Waals surface area contributed by atoms with Gasteiger partial charge >= 0.3 is 0 Å². The van der Waals surface area contributed by atoms with Crippen molar-refractivity contribution < 1.29 is 9.53 Å². The number of likely N-dealkylation sites (tertiary alicyclic amines) is 1. The monoisotopic (exact) mass is 358 g/mol. The van der Waals surface area contributed by atoms with Crippen molar-refractivity contribution in [1.82, 2.24) is 9.80 Å². The van der Waals surface area contributed by atoms with Crippen molar-refractivity contribution >= 4 is 11.9 Å². The minimum Gasteiger partial charge on any atom is -0.375 e. The summed E-state index contributed by atoms with van der Waals surface area (Å²) in [5.74, 6) is 1.18. The number of aliphatic imine (C=N–C) groups is 1. The molecule has 1 aromatic carbocycles. The summed E-state index contributed by atoms with van der Waals surface area (Å²) < 4.78 is 5.50. The van der Waals surface area contributed by atoms with E-state index in [4.69, 9.17) is 10.5 Å². The van der Waals surface area contributed by atoms with E-state index >= 15 is 0 Å². The number of guanidine groups is 1. The Morgan fingerprint density at radius 2 is 1.92 bits per heavy atom. The number of nitrogens with zero attached hydrogens (tertiary/aromatic N) is 3. The minimum atomic E-state index is 0.0763. The predicted octanol–water partition coefficient (Wildman–Crippen LogP) is 1.50. The van der Waals surface area contributed by atoms with Crippen LogP contribution in [-0.2, 0) is 16.0 Å². The molecular weight excluding hydrogens is 328 g/mol. The molecule has 3 rings (SSSR count). The van der Waals surface area contributed by atoms with Gasteiger partial charge in [-0.25, -0.2) is 4.99 Å². The number of nitrogens with two attached hydrogens (primary N) is 1. The molecule has 1 amide bonds. The molecule has 2 N–H and O–H groups in total. The quantitative estimate of drug-likeness (QED) is 0.654. The Morgan fingerprint density at radius 1 is 1.19 bits per heavy atom. The molecule has 6 nitrogen and oxygen atoms in total. The van der Waals surface area contributed by atoms with Crippen LogP contribution in [0.15, 0.2) is 35.3 Å². The lowest BCUT2D eigenvalue weighted by Crippen LogP contribution is -2.48. The standard InChI is InChI=1S/C20H30N4O2/c1-16-15-24(11-12-26-16)20(21)22-14-19(25)23-9-7-18(8-10-23)13-17-5-3-2-4-6-17/h2-6,16,18H,7-15H2,1H3,(H2,21,22). The van der Waals surface area contributed by atoms with Gasteiger partial charge < -0.3 is 20.3 Å². The Hall–Kier alpha value is -2.08. The van der Waals surface area contributed by atoms with Crippen LogP contribution in [-0.4, -0.2) is 67.1 Å². The van der Waals surface area contributed by atoms with Gasteiger partial charge in [0.15, 0.2) is 5.96 Å². The van der Waals surface area contributed by atoms with E-state index in [0.717, 1.165) is 45.4 Å². The summed E-state index contributed by atoms with van der Waals surface area (Å²) in [4.78, 5) is 20.7. The van der Waals surface area contributed by atoms with E-state index < -0.39 is 0 Å². The van der Waals surface area contributed by atoms with Crippen LogP contribution >= 0.6 is 0 Å². The first-order valence-electron chi connectivity index (χ1n) is 9.60. The lowest BCUT2D eigenvalue weighted by atomic mass is 9.90. The van der Waals surface area contributed by atoms with Gasteiger partial charge in [-0.2, -0.15) is 0 Å². The molecule has 26 heavy (non-hydrogen) atoms. The molecule has 1 unspecified atom stereocenters. The van der Waals surface area contributed by atoms with Gasteiger partial charge in [0.1, 0.15) is 6.54 Å². The lowest BCUT2D eigenvalue weighted by molar-refractivity contribution is -0.131. The molecule has 1 aromatic rings. The van der Waals surface area contributed by atoms with Gasteiger partial charge in [-0.1, -0.05) is 30.3 Å². The second kappa shape index (κ2) is 9.03. The van der Waals surface area contributed by atoms with E-state index in [1.54, 1.807) is 0 Å². The van der Waals surface area contributed by atoms with E-state index in [-0.39, 0.29) is 18.6 Å². The Kier molecular flexibility index (Phi) is 6.50. The van der Waals surface area contributed by atoms with Crippen molar-refractivity contribution in [3.8, 4) is 0 Å². The number of hydrogen-bond donors (Lipinski definition) is 1. The number of carbonyl (C=O) groups excluding carboxylic acids is 1. The topological polar surface area (TPSA) is 71.2 Å². The van der Waals surface area contributed by atoms with Gasteiger partial charge in [0, 0.05) is 26.2 Å². The van der Waals surface area contributed by atoms with Crippen LogP contribution < -0.4 is 5.73 Å². The third-order valence-electron chi connectivity index (χ3n) is 5.28. The first-order valence-corrected chi connectivity index (χ1v) is 9.60. The summed E-state index contributed by atoms with van der Waals surface area (Å²) >= 11 is 0. The van der Waals surface area contributed by atoms with E-state index in [2.05, 4.69) is 35.3 Å². The van der Waals surface area contributed by atoms with E-state index in [1.807, 2.05) is 16.7 Å². The first kappa shape index (κ1) is 18.7. The van der Waals surface area contributed by atoms with Crippen LogP contribution in [0.3, 0.4) is 0 Å². The number of amides is 1. The minimum absolute atomic E-state index is 0.0763. The Balaban J connectivity index is 1.42. The number of carbonyl (C=O) groups is 1. The summed E-state index contributed by atoms with van der Waals surface area (Å²) in [6, 6.07) is 10.6. The number of rotatable bonds is 4. The van der Waals surface area contributed by atoms with Gasteiger partial charge in [0.25, 0.3) is 0 Å². The van der Waals surface area contributed by atoms with Crippen molar-refractivity contribution in [2.24, 2.45) is 16.6 Å². The summed E-state index contributed by atoms with van der Waals surface area (Å²) in [7, 11) is 0. The van der Waals surface area contributed by atoms with Gasteiger partial charge in [0.05, 0.1) is 12.7 Å². The van der Waals surface area contributed by atoms with Crippen LogP contribution in [0.5, 0.6) is 0 Å². The highest BCUT2D eigenvalue weighted by Gasteiger charge is 2.23. The van der Waals surface area contributed by atoms with Gasteiger partial charge in [-0.05, 0) is 37.7 Å². The van der Waals surface area contributed by atoms with Gasteiger partial charge in [-0.3, -0.25) is 4.79 Å². The molecule has 0 saturated carbocycles. The van der Waals surface area contributed by atoms with E-state index in [0.29, 0.717) is 18.5 Å². The number of benzene rings is 1.